The third-order valence-corrected chi connectivity index (χ3v) is 5.61. The molecule has 2 N–H and O–H groups in total. The molecule has 0 unspecified atom stereocenters. The van der Waals surface area contributed by atoms with E-state index in [0.717, 1.165) is 46.7 Å². The number of hydrogen-bond donors (Lipinski definition) is 2. The summed E-state index contributed by atoms with van der Waals surface area (Å²) in [6.07, 6.45) is 3.34. The van der Waals surface area contributed by atoms with Crippen LogP contribution in [0.1, 0.15) is 28.5 Å². The molecule has 6 heteroatoms. The van der Waals surface area contributed by atoms with Crippen molar-refractivity contribution >= 4 is 17.5 Å². The highest BCUT2D eigenvalue weighted by molar-refractivity contribution is 5.94. The number of pyridine rings is 1. The van der Waals surface area contributed by atoms with E-state index in [1.165, 1.54) is 6.92 Å². The fourth-order valence-electron chi connectivity index (χ4n) is 3.84. The first-order chi connectivity index (χ1) is 17.6. The summed E-state index contributed by atoms with van der Waals surface area (Å²) < 4.78 is 5.63. The number of carbonyl (C=O) groups is 2. The maximum Gasteiger partial charge on any atom is 0.251 e. The van der Waals surface area contributed by atoms with Gasteiger partial charge in [0.05, 0.1) is 6.54 Å². The smallest absolute Gasteiger partial charge is 0.251 e. The lowest BCUT2D eigenvalue weighted by atomic mass is 10.0. The molecule has 0 saturated heterocycles. The summed E-state index contributed by atoms with van der Waals surface area (Å²) in [4.78, 5) is 28.3. The largest absolute Gasteiger partial charge is 0.492 e. The molecule has 0 spiro atoms. The monoisotopic (exact) mass is 479 g/mol. The normalized spacial score (nSPS) is 10.5. The van der Waals surface area contributed by atoms with Gasteiger partial charge in [0.25, 0.3) is 5.91 Å². The number of aromatic nitrogens is 1. The molecule has 0 fully saturated rings. The number of anilines is 1. The van der Waals surface area contributed by atoms with Gasteiger partial charge in [-0.15, -0.1) is 0 Å². The lowest BCUT2D eigenvalue weighted by molar-refractivity contribution is -0.114. The molecule has 0 aliphatic rings. The molecule has 1 heterocycles. The van der Waals surface area contributed by atoms with E-state index < -0.39 is 0 Å². The van der Waals surface area contributed by atoms with Crippen molar-refractivity contribution in [1.29, 1.82) is 0 Å². The van der Waals surface area contributed by atoms with Crippen molar-refractivity contribution in [3.63, 3.8) is 0 Å². The van der Waals surface area contributed by atoms with E-state index in [4.69, 9.17) is 4.74 Å². The van der Waals surface area contributed by atoms with E-state index in [0.29, 0.717) is 18.7 Å². The van der Waals surface area contributed by atoms with Crippen LogP contribution in [0.3, 0.4) is 0 Å². The number of amides is 2. The number of para-hydroxylation sites is 1. The molecule has 0 radical (unpaired) electrons. The second-order valence-electron chi connectivity index (χ2n) is 8.41. The average molecular weight is 480 g/mol. The number of carbonyl (C=O) groups excluding carboxylic acids is 2. The number of nitrogens with one attached hydrogen (secondary N) is 2. The molecule has 0 atom stereocenters. The van der Waals surface area contributed by atoms with E-state index in [-0.39, 0.29) is 11.8 Å². The van der Waals surface area contributed by atoms with Crippen molar-refractivity contribution in [3.05, 3.63) is 114 Å². The van der Waals surface area contributed by atoms with Crippen molar-refractivity contribution in [2.45, 2.75) is 19.8 Å². The molecule has 0 saturated carbocycles. The molecular weight excluding hydrogens is 450 g/mol. The zero-order chi connectivity index (χ0) is 25.2. The van der Waals surface area contributed by atoms with Crippen LogP contribution < -0.4 is 15.4 Å². The van der Waals surface area contributed by atoms with Crippen molar-refractivity contribution in [1.82, 2.24) is 10.3 Å². The Hall–Kier alpha value is -4.45. The van der Waals surface area contributed by atoms with Gasteiger partial charge in [-0.2, -0.15) is 0 Å². The fraction of sp³-hybridized carbons (Fsp3) is 0.167. The summed E-state index contributed by atoms with van der Waals surface area (Å²) in [5, 5.41) is 5.69. The van der Waals surface area contributed by atoms with Crippen LogP contribution in [0.4, 0.5) is 5.69 Å². The summed E-state index contributed by atoms with van der Waals surface area (Å²) in [6, 6.07) is 29.0. The fourth-order valence-corrected chi connectivity index (χ4v) is 3.84. The van der Waals surface area contributed by atoms with Crippen LogP contribution in [-0.2, 0) is 17.6 Å². The molecule has 0 aliphatic carbocycles. The minimum Gasteiger partial charge on any atom is -0.492 e. The molecule has 1 aromatic heterocycles. The Morgan fingerprint density at radius 3 is 2.42 bits per heavy atom. The molecule has 36 heavy (non-hydrogen) atoms. The SMILES string of the molecule is CC(=O)Nc1ccc(-c2ccnc(CCc3cccc(C(=O)NCCOc4ccccc4)c3)c2)cc1. The molecule has 182 valence electrons. The highest BCUT2D eigenvalue weighted by Gasteiger charge is 2.07. The van der Waals surface area contributed by atoms with Gasteiger partial charge in [-0.1, -0.05) is 42.5 Å². The summed E-state index contributed by atoms with van der Waals surface area (Å²) >= 11 is 0. The van der Waals surface area contributed by atoms with Crippen molar-refractivity contribution in [2.24, 2.45) is 0 Å². The minimum absolute atomic E-state index is 0.0902. The first-order valence-electron chi connectivity index (χ1n) is 11.9. The highest BCUT2D eigenvalue weighted by Crippen LogP contribution is 2.22. The van der Waals surface area contributed by atoms with Crippen molar-refractivity contribution in [3.8, 4) is 16.9 Å². The molecule has 0 aliphatic heterocycles. The summed E-state index contributed by atoms with van der Waals surface area (Å²) in [5.74, 6) is 0.581. The van der Waals surface area contributed by atoms with Gasteiger partial charge >= 0.3 is 0 Å². The van der Waals surface area contributed by atoms with Gasteiger partial charge in [0.15, 0.2) is 0 Å². The van der Waals surface area contributed by atoms with Crippen molar-refractivity contribution < 1.29 is 14.3 Å². The van der Waals surface area contributed by atoms with Crippen LogP contribution in [0.25, 0.3) is 11.1 Å². The van der Waals surface area contributed by atoms with Gasteiger partial charge in [-0.05, 0) is 78.1 Å². The predicted molar refractivity (Wildman–Crippen MR) is 142 cm³/mol. The topological polar surface area (TPSA) is 80.3 Å². The van der Waals surface area contributed by atoms with Crippen molar-refractivity contribution in [2.75, 3.05) is 18.5 Å². The van der Waals surface area contributed by atoms with Crippen LogP contribution in [-0.4, -0.2) is 29.9 Å². The zero-order valence-electron chi connectivity index (χ0n) is 20.2. The number of ether oxygens (including phenoxy) is 1. The number of benzene rings is 3. The van der Waals surface area contributed by atoms with Gasteiger partial charge in [0.1, 0.15) is 12.4 Å². The van der Waals surface area contributed by atoms with E-state index in [2.05, 4.69) is 21.7 Å². The van der Waals surface area contributed by atoms with Gasteiger partial charge in [0.2, 0.25) is 5.91 Å². The summed E-state index contributed by atoms with van der Waals surface area (Å²) in [5.41, 5.74) is 5.59. The lowest BCUT2D eigenvalue weighted by Crippen LogP contribution is -2.28. The Balaban J connectivity index is 1.30. The predicted octanol–water partition coefficient (Wildman–Crippen LogP) is 5.30. The lowest BCUT2D eigenvalue weighted by Gasteiger charge is -2.09. The third kappa shape index (κ3) is 7.27. The summed E-state index contributed by atoms with van der Waals surface area (Å²) in [7, 11) is 0. The minimum atomic E-state index is -0.114. The Labute approximate surface area is 211 Å². The van der Waals surface area contributed by atoms with Gasteiger partial charge < -0.3 is 15.4 Å². The van der Waals surface area contributed by atoms with Gasteiger partial charge in [-0.25, -0.2) is 0 Å². The number of hydrogen-bond acceptors (Lipinski definition) is 4. The van der Waals surface area contributed by atoms with Crippen LogP contribution in [0.2, 0.25) is 0 Å². The quantitative estimate of drug-likeness (QED) is 0.303. The second kappa shape index (κ2) is 12.3. The number of rotatable bonds is 10. The maximum atomic E-state index is 12.6. The van der Waals surface area contributed by atoms with Gasteiger partial charge in [0, 0.05) is 30.1 Å². The Kier molecular flexibility index (Phi) is 8.44. The first-order valence-corrected chi connectivity index (χ1v) is 11.9. The third-order valence-electron chi connectivity index (χ3n) is 5.61. The molecule has 2 amide bonds. The highest BCUT2D eigenvalue weighted by atomic mass is 16.5. The van der Waals surface area contributed by atoms with Crippen LogP contribution in [0.15, 0.2) is 97.2 Å². The van der Waals surface area contributed by atoms with Gasteiger partial charge in [-0.3, -0.25) is 14.6 Å². The maximum absolute atomic E-state index is 12.6. The molecule has 3 aromatic carbocycles. The van der Waals surface area contributed by atoms with E-state index >= 15 is 0 Å². The number of nitrogens with zero attached hydrogens (tertiary/aromatic N) is 1. The first kappa shape index (κ1) is 24.7. The van der Waals surface area contributed by atoms with Crippen LogP contribution in [0, 0.1) is 0 Å². The molecule has 4 aromatic rings. The van der Waals surface area contributed by atoms with E-state index in [1.54, 1.807) is 0 Å². The Morgan fingerprint density at radius 2 is 1.64 bits per heavy atom. The Bertz CT molecular complexity index is 1300. The van der Waals surface area contributed by atoms with E-state index in [9.17, 15) is 9.59 Å². The zero-order valence-corrected chi connectivity index (χ0v) is 20.2. The van der Waals surface area contributed by atoms with Crippen LogP contribution in [0.5, 0.6) is 5.75 Å². The molecule has 6 nitrogen and oxygen atoms in total. The average Bonchev–Trinajstić information content (AvgIpc) is 2.91. The summed E-state index contributed by atoms with van der Waals surface area (Å²) in [6.45, 7) is 2.33. The van der Waals surface area contributed by atoms with Crippen LogP contribution >= 0.6 is 0 Å². The number of aryl methyl sites for hydroxylation is 2. The molecular formula is C30H29N3O3. The van der Waals surface area contributed by atoms with E-state index in [1.807, 2.05) is 91.1 Å². The second-order valence-corrected chi connectivity index (χ2v) is 8.41. The Morgan fingerprint density at radius 1 is 0.833 bits per heavy atom. The molecule has 4 rings (SSSR count). The molecule has 0 bridgehead atoms. The standard InChI is InChI=1S/C30H29N3O3/c1-22(34)33-27-14-11-24(12-15-27)25-16-17-31-28(21-25)13-10-23-6-5-7-26(20-23)30(35)32-18-19-36-29-8-3-2-4-9-29/h2-9,11-12,14-17,20-21H,10,13,18-19H2,1H3,(H,32,35)(H,33,34).